The standard InChI is InChI=1S/C27H32ClFN6O3/c1-37-23-13-18-22(14-24(23)38-2)33-27(34-25(18)32-20-6-5-17(28)12-19(20)29)35-10-7-16(8-11-35)15-31-26(36)21-4-3-9-30-21/h5-6,12-14,16,21,30H,3-4,7-11,15H2,1-2H3,(H,31,36)(H,32,33,34)/t21-/m0/s1. The fourth-order valence-corrected chi connectivity index (χ4v) is 5.17. The van der Waals surface area contributed by atoms with Crippen molar-refractivity contribution in [3.63, 3.8) is 0 Å². The van der Waals surface area contributed by atoms with Crippen LogP contribution in [-0.4, -0.2) is 62.3 Å². The zero-order valence-electron chi connectivity index (χ0n) is 21.5. The van der Waals surface area contributed by atoms with Crippen LogP contribution in [-0.2, 0) is 4.79 Å². The first-order valence-corrected chi connectivity index (χ1v) is 13.2. The summed E-state index contributed by atoms with van der Waals surface area (Å²) in [6.07, 6.45) is 3.75. The smallest absolute Gasteiger partial charge is 0.237 e. The van der Waals surface area contributed by atoms with Gasteiger partial charge >= 0.3 is 0 Å². The molecule has 3 heterocycles. The van der Waals surface area contributed by atoms with Crippen LogP contribution in [0.3, 0.4) is 0 Å². The van der Waals surface area contributed by atoms with Gasteiger partial charge in [0.25, 0.3) is 0 Å². The van der Waals surface area contributed by atoms with Crippen LogP contribution in [0, 0.1) is 11.7 Å². The van der Waals surface area contributed by atoms with E-state index in [1.54, 1.807) is 38.5 Å². The van der Waals surface area contributed by atoms with Gasteiger partial charge in [-0.05, 0) is 62.4 Å². The molecule has 1 aromatic heterocycles. The highest BCUT2D eigenvalue weighted by atomic mass is 35.5. The molecule has 2 aromatic carbocycles. The van der Waals surface area contributed by atoms with Crippen LogP contribution in [0.15, 0.2) is 30.3 Å². The van der Waals surface area contributed by atoms with Crippen molar-refractivity contribution >= 4 is 45.9 Å². The third kappa shape index (κ3) is 5.71. The fourth-order valence-electron chi connectivity index (χ4n) is 5.01. The van der Waals surface area contributed by atoms with Crippen LogP contribution >= 0.6 is 11.6 Å². The van der Waals surface area contributed by atoms with Crippen LogP contribution in [0.4, 0.5) is 21.8 Å². The van der Waals surface area contributed by atoms with Crippen molar-refractivity contribution in [1.82, 2.24) is 20.6 Å². The summed E-state index contributed by atoms with van der Waals surface area (Å²) in [6.45, 7) is 3.07. The van der Waals surface area contributed by atoms with Gasteiger partial charge in [-0.2, -0.15) is 4.98 Å². The number of piperidine rings is 1. The van der Waals surface area contributed by atoms with Crippen molar-refractivity contribution in [2.45, 2.75) is 31.7 Å². The van der Waals surface area contributed by atoms with Crippen molar-refractivity contribution in [3.05, 3.63) is 41.2 Å². The largest absolute Gasteiger partial charge is 0.493 e. The van der Waals surface area contributed by atoms with Gasteiger partial charge in [-0.25, -0.2) is 9.37 Å². The molecule has 0 bridgehead atoms. The zero-order chi connectivity index (χ0) is 26.6. The Labute approximate surface area is 226 Å². The van der Waals surface area contributed by atoms with Gasteiger partial charge in [-0.3, -0.25) is 4.79 Å². The maximum absolute atomic E-state index is 14.6. The summed E-state index contributed by atoms with van der Waals surface area (Å²) < 4.78 is 25.6. The number of fused-ring (bicyclic) bond motifs is 1. The Morgan fingerprint density at radius 3 is 2.58 bits per heavy atom. The molecule has 38 heavy (non-hydrogen) atoms. The van der Waals surface area contributed by atoms with Crippen molar-refractivity contribution < 1.29 is 18.7 Å². The molecule has 2 aliphatic rings. The molecule has 2 fully saturated rings. The molecule has 0 unspecified atom stereocenters. The van der Waals surface area contributed by atoms with Gasteiger partial charge < -0.3 is 30.3 Å². The third-order valence-corrected chi connectivity index (χ3v) is 7.45. The number of rotatable bonds is 8. The molecule has 1 amide bonds. The van der Waals surface area contributed by atoms with Crippen LogP contribution in [0.2, 0.25) is 5.02 Å². The lowest BCUT2D eigenvalue weighted by Crippen LogP contribution is -2.44. The number of hydrogen-bond acceptors (Lipinski definition) is 8. The first-order chi connectivity index (χ1) is 18.4. The average Bonchev–Trinajstić information content (AvgIpc) is 3.48. The van der Waals surface area contributed by atoms with E-state index in [1.807, 2.05) is 0 Å². The van der Waals surface area contributed by atoms with Gasteiger partial charge in [0.15, 0.2) is 11.5 Å². The molecule has 5 rings (SSSR count). The molecule has 3 aromatic rings. The minimum Gasteiger partial charge on any atom is -0.493 e. The summed E-state index contributed by atoms with van der Waals surface area (Å²) in [5, 5.41) is 10.4. The highest BCUT2D eigenvalue weighted by Crippen LogP contribution is 2.37. The first-order valence-electron chi connectivity index (χ1n) is 12.9. The number of halogens is 2. The summed E-state index contributed by atoms with van der Waals surface area (Å²) >= 11 is 5.94. The number of methoxy groups -OCH3 is 2. The highest BCUT2D eigenvalue weighted by Gasteiger charge is 2.26. The molecular weight excluding hydrogens is 511 g/mol. The van der Waals surface area contributed by atoms with Crippen molar-refractivity contribution in [2.24, 2.45) is 5.92 Å². The minimum absolute atomic E-state index is 0.0619. The van der Waals surface area contributed by atoms with E-state index >= 15 is 0 Å². The minimum atomic E-state index is -0.484. The third-order valence-electron chi connectivity index (χ3n) is 7.21. The first kappa shape index (κ1) is 26.2. The maximum atomic E-state index is 14.6. The number of hydrogen-bond donors (Lipinski definition) is 3. The number of benzene rings is 2. The molecule has 2 aliphatic heterocycles. The number of nitrogens with one attached hydrogen (secondary N) is 3. The second-order valence-electron chi connectivity index (χ2n) is 9.67. The Balaban J connectivity index is 1.37. The number of amides is 1. The molecule has 11 heteroatoms. The maximum Gasteiger partial charge on any atom is 0.237 e. The SMILES string of the molecule is COc1cc2nc(N3CCC(CNC(=O)[C@@H]4CCCN4)CC3)nc(Nc3ccc(Cl)cc3F)c2cc1OC. The molecule has 0 saturated carbocycles. The Kier molecular flexibility index (Phi) is 7.99. The van der Waals surface area contributed by atoms with Crippen LogP contribution in [0.25, 0.3) is 10.9 Å². The second kappa shape index (κ2) is 11.6. The van der Waals surface area contributed by atoms with E-state index in [2.05, 4.69) is 20.9 Å². The predicted octanol–water partition coefficient (Wildman–Crippen LogP) is 4.27. The van der Waals surface area contributed by atoms with Gasteiger partial charge in [-0.1, -0.05) is 11.6 Å². The highest BCUT2D eigenvalue weighted by molar-refractivity contribution is 6.30. The van der Waals surface area contributed by atoms with Crippen LogP contribution in [0.5, 0.6) is 11.5 Å². The molecule has 3 N–H and O–H groups in total. The lowest BCUT2D eigenvalue weighted by molar-refractivity contribution is -0.123. The van der Waals surface area contributed by atoms with Gasteiger partial charge in [0, 0.05) is 36.1 Å². The number of aromatic nitrogens is 2. The van der Waals surface area contributed by atoms with E-state index in [4.69, 9.17) is 31.0 Å². The van der Waals surface area contributed by atoms with Crippen molar-refractivity contribution in [2.75, 3.05) is 50.6 Å². The van der Waals surface area contributed by atoms with E-state index in [0.717, 1.165) is 45.3 Å². The molecule has 0 radical (unpaired) electrons. The molecule has 2 saturated heterocycles. The van der Waals surface area contributed by atoms with Crippen molar-refractivity contribution in [1.29, 1.82) is 0 Å². The van der Waals surface area contributed by atoms with E-state index in [1.165, 1.54) is 6.07 Å². The van der Waals surface area contributed by atoms with Crippen LogP contribution < -0.4 is 30.3 Å². The summed E-state index contributed by atoms with van der Waals surface area (Å²) in [6, 6.07) is 7.96. The Morgan fingerprint density at radius 1 is 1.13 bits per heavy atom. The quantitative estimate of drug-likeness (QED) is 0.388. The van der Waals surface area contributed by atoms with Crippen LogP contribution in [0.1, 0.15) is 25.7 Å². The van der Waals surface area contributed by atoms with E-state index < -0.39 is 5.82 Å². The average molecular weight is 543 g/mol. The van der Waals surface area contributed by atoms with Gasteiger partial charge in [-0.15, -0.1) is 0 Å². The van der Waals surface area contributed by atoms with Gasteiger partial charge in [0.05, 0.1) is 31.5 Å². The van der Waals surface area contributed by atoms with E-state index in [0.29, 0.717) is 51.7 Å². The summed E-state index contributed by atoms with van der Waals surface area (Å²) in [5.74, 6) is 2.05. The molecule has 202 valence electrons. The summed E-state index contributed by atoms with van der Waals surface area (Å²) in [4.78, 5) is 24.1. The molecule has 0 spiro atoms. The molecule has 0 aliphatic carbocycles. The van der Waals surface area contributed by atoms with E-state index in [-0.39, 0.29) is 17.6 Å². The lowest BCUT2D eigenvalue weighted by atomic mass is 9.97. The Bertz CT molecular complexity index is 1310. The number of carbonyl (C=O) groups is 1. The molecule has 9 nitrogen and oxygen atoms in total. The van der Waals surface area contributed by atoms with Crippen molar-refractivity contribution in [3.8, 4) is 11.5 Å². The van der Waals surface area contributed by atoms with Gasteiger partial charge in [0.2, 0.25) is 11.9 Å². The summed E-state index contributed by atoms with van der Waals surface area (Å²) in [5.41, 5.74) is 0.893. The Hall–Kier alpha value is -3.37. The van der Waals surface area contributed by atoms with Gasteiger partial charge in [0.1, 0.15) is 11.6 Å². The monoisotopic (exact) mass is 542 g/mol. The fraction of sp³-hybridized carbons (Fsp3) is 0.444. The molecular formula is C27H32ClFN6O3. The number of nitrogens with zero attached hydrogens (tertiary/aromatic N) is 3. The topological polar surface area (TPSA) is 101 Å². The number of carbonyl (C=O) groups excluding carboxylic acids is 1. The summed E-state index contributed by atoms with van der Waals surface area (Å²) in [7, 11) is 3.13. The van der Waals surface area contributed by atoms with E-state index in [9.17, 15) is 9.18 Å². The lowest BCUT2D eigenvalue weighted by Gasteiger charge is -2.32. The zero-order valence-corrected chi connectivity index (χ0v) is 22.3. The normalized spacial score (nSPS) is 18.0. The second-order valence-corrected chi connectivity index (χ2v) is 10.1. The Morgan fingerprint density at radius 2 is 1.89 bits per heavy atom. The number of anilines is 3. The predicted molar refractivity (Wildman–Crippen MR) is 146 cm³/mol. The molecule has 1 atom stereocenters. The number of ether oxygens (including phenoxy) is 2.